The van der Waals surface area contributed by atoms with Crippen LogP contribution in [0.1, 0.15) is 49.4 Å². The number of anilines is 1. The highest BCUT2D eigenvalue weighted by molar-refractivity contribution is 7.89. The summed E-state index contributed by atoms with van der Waals surface area (Å²) in [4.78, 5) is 2.71. The predicted molar refractivity (Wildman–Crippen MR) is 118 cm³/mol. The van der Waals surface area contributed by atoms with Crippen LogP contribution in [0.25, 0.3) is 0 Å². The van der Waals surface area contributed by atoms with Crippen LogP contribution in [-0.2, 0) is 10.0 Å². The predicted octanol–water partition coefficient (Wildman–Crippen LogP) is 4.59. The number of nitrogens with zero attached hydrogens (tertiary/aromatic N) is 1. The summed E-state index contributed by atoms with van der Waals surface area (Å²) in [7, 11) is -2.05. The van der Waals surface area contributed by atoms with E-state index in [0.717, 1.165) is 24.2 Å². The van der Waals surface area contributed by atoms with Crippen LogP contribution in [0.5, 0.6) is 5.75 Å². The van der Waals surface area contributed by atoms with Gasteiger partial charge in [0.05, 0.1) is 12.0 Å². The molecule has 1 saturated heterocycles. The summed E-state index contributed by atoms with van der Waals surface area (Å²) in [5.74, 6) is 1.41. The molecule has 0 aliphatic carbocycles. The number of nitrogens with one attached hydrogen (secondary N) is 1. The van der Waals surface area contributed by atoms with Crippen molar-refractivity contribution in [3.8, 4) is 5.75 Å². The second-order valence-electron chi connectivity index (χ2n) is 8.22. The van der Waals surface area contributed by atoms with Crippen LogP contribution in [0, 0.1) is 19.8 Å². The third-order valence-corrected chi connectivity index (χ3v) is 7.41. The van der Waals surface area contributed by atoms with E-state index in [1.54, 1.807) is 26.2 Å². The highest BCUT2D eigenvalue weighted by atomic mass is 32.2. The van der Waals surface area contributed by atoms with Crippen molar-refractivity contribution in [1.82, 2.24) is 4.72 Å². The van der Waals surface area contributed by atoms with Gasteiger partial charge in [-0.1, -0.05) is 19.1 Å². The molecule has 158 valence electrons. The Kier molecular flexibility index (Phi) is 6.54. The zero-order valence-electron chi connectivity index (χ0n) is 18.0. The molecule has 0 bridgehead atoms. The first-order valence-electron chi connectivity index (χ1n) is 10.2. The van der Waals surface area contributed by atoms with E-state index in [1.165, 1.54) is 18.5 Å². The lowest BCUT2D eigenvalue weighted by molar-refractivity contribution is 0.411. The van der Waals surface area contributed by atoms with Gasteiger partial charge in [0.25, 0.3) is 0 Å². The fraction of sp³-hybridized carbons (Fsp3) is 0.478. The van der Waals surface area contributed by atoms with Gasteiger partial charge in [0.15, 0.2) is 0 Å². The first-order valence-corrected chi connectivity index (χ1v) is 11.7. The molecule has 1 aliphatic heterocycles. The molecule has 1 aliphatic rings. The van der Waals surface area contributed by atoms with E-state index in [2.05, 4.69) is 28.7 Å². The third kappa shape index (κ3) is 4.93. The van der Waals surface area contributed by atoms with Crippen LogP contribution >= 0.6 is 0 Å². The summed E-state index contributed by atoms with van der Waals surface area (Å²) in [5.41, 5.74) is 3.62. The summed E-state index contributed by atoms with van der Waals surface area (Å²) >= 11 is 0. The number of aryl methyl sites for hydroxylation is 2. The third-order valence-electron chi connectivity index (χ3n) is 5.73. The number of methoxy groups -OCH3 is 1. The van der Waals surface area contributed by atoms with Crippen molar-refractivity contribution in [2.75, 3.05) is 25.1 Å². The van der Waals surface area contributed by atoms with E-state index >= 15 is 0 Å². The van der Waals surface area contributed by atoms with E-state index in [4.69, 9.17) is 4.74 Å². The number of benzene rings is 2. The summed E-state index contributed by atoms with van der Waals surface area (Å²) in [6.45, 7) is 9.97. The molecule has 0 unspecified atom stereocenters. The van der Waals surface area contributed by atoms with Crippen molar-refractivity contribution in [3.05, 3.63) is 53.1 Å². The van der Waals surface area contributed by atoms with Gasteiger partial charge < -0.3 is 9.64 Å². The zero-order chi connectivity index (χ0) is 21.2. The van der Waals surface area contributed by atoms with Gasteiger partial charge in [-0.15, -0.1) is 0 Å². The second kappa shape index (κ2) is 8.76. The largest absolute Gasteiger partial charge is 0.496 e. The van der Waals surface area contributed by atoms with Gasteiger partial charge >= 0.3 is 0 Å². The van der Waals surface area contributed by atoms with Crippen molar-refractivity contribution < 1.29 is 13.2 Å². The van der Waals surface area contributed by atoms with Gasteiger partial charge in [0.1, 0.15) is 5.75 Å². The average Bonchev–Trinajstić information content (AvgIpc) is 2.69. The SMILES string of the molecule is COc1cc(C)c(S(=O)(=O)N[C@@H](C)c2ccc(N3CCC[C@@H](C)C3)cc2)cc1C. The first kappa shape index (κ1) is 21.7. The van der Waals surface area contributed by atoms with Crippen molar-refractivity contribution in [2.45, 2.75) is 51.5 Å². The van der Waals surface area contributed by atoms with Crippen molar-refractivity contribution in [1.29, 1.82) is 0 Å². The highest BCUT2D eigenvalue weighted by Crippen LogP contribution is 2.28. The fourth-order valence-electron chi connectivity index (χ4n) is 4.03. The van der Waals surface area contributed by atoms with Gasteiger partial charge in [-0.05, 0) is 80.5 Å². The van der Waals surface area contributed by atoms with E-state index < -0.39 is 10.0 Å². The molecule has 29 heavy (non-hydrogen) atoms. The van der Waals surface area contributed by atoms with Gasteiger partial charge in [-0.3, -0.25) is 0 Å². The number of sulfonamides is 1. The molecule has 1 heterocycles. The Morgan fingerprint density at radius 2 is 1.83 bits per heavy atom. The average molecular weight is 417 g/mol. The maximum absolute atomic E-state index is 13.0. The van der Waals surface area contributed by atoms with E-state index in [9.17, 15) is 8.42 Å². The number of hydrogen-bond donors (Lipinski definition) is 1. The van der Waals surface area contributed by atoms with Gasteiger partial charge in [-0.2, -0.15) is 0 Å². The molecule has 0 aromatic heterocycles. The molecule has 2 atom stereocenters. The smallest absolute Gasteiger partial charge is 0.241 e. The molecule has 2 aromatic carbocycles. The maximum atomic E-state index is 13.0. The second-order valence-corrected chi connectivity index (χ2v) is 9.90. The molecule has 1 fully saturated rings. The normalized spacial score (nSPS) is 18.5. The molecule has 0 spiro atoms. The molecule has 0 saturated carbocycles. The first-order chi connectivity index (χ1) is 13.7. The maximum Gasteiger partial charge on any atom is 0.241 e. The molecule has 6 heteroatoms. The summed E-state index contributed by atoms with van der Waals surface area (Å²) < 4.78 is 34.1. The van der Waals surface area contributed by atoms with Crippen LogP contribution in [0.3, 0.4) is 0 Å². The van der Waals surface area contributed by atoms with E-state index in [-0.39, 0.29) is 6.04 Å². The molecule has 2 aromatic rings. The van der Waals surface area contributed by atoms with Gasteiger partial charge in [0, 0.05) is 24.8 Å². The lowest BCUT2D eigenvalue weighted by Gasteiger charge is -2.33. The Bertz CT molecular complexity index is 955. The minimum Gasteiger partial charge on any atom is -0.496 e. The van der Waals surface area contributed by atoms with Crippen LogP contribution in [0.15, 0.2) is 41.3 Å². The molecule has 0 radical (unpaired) electrons. The van der Waals surface area contributed by atoms with Crippen molar-refractivity contribution in [2.24, 2.45) is 5.92 Å². The van der Waals surface area contributed by atoms with E-state index in [0.29, 0.717) is 22.1 Å². The Morgan fingerprint density at radius 3 is 2.45 bits per heavy atom. The molecule has 3 rings (SSSR count). The Balaban J connectivity index is 1.75. The number of rotatable bonds is 6. The Morgan fingerprint density at radius 1 is 1.14 bits per heavy atom. The molecule has 1 N–H and O–H groups in total. The minimum atomic E-state index is -3.64. The quantitative estimate of drug-likeness (QED) is 0.748. The van der Waals surface area contributed by atoms with Crippen LogP contribution in [0.2, 0.25) is 0 Å². The molecule has 5 nitrogen and oxygen atoms in total. The standard InChI is InChI=1S/C23H32N2O3S/c1-16-7-6-12-25(15-16)21-10-8-20(9-11-21)19(4)24-29(26,27)23-14-17(2)22(28-5)13-18(23)3/h8-11,13-14,16,19,24H,6-7,12,15H2,1-5H3/t16-,19+/m1/s1. The lowest BCUT2D eigenvalue weighted by atomic mass is 9.99. The van der Waals surface area contributed by atoms with Crippen LogP contribution in [0.4, 0.5) is 5.69 Å². The topological polar surface area (TPSA) is 58.6 Å². The summed E-state index contributed by atoms with van der Waals surface area (Å²) in [5, 5.41) is 0. The molecular formula is C23H32N2O3S. The highest BCUT2D eigenvalue weighted by Gasteiger charge is 2.22. The van der Waals surface area contributed by atoms with Crippen molar-refractivity contribution >= 4 is 15.7 Å². The Labute approximate surface area is 175 Å². The summed E-state index contributed by atoms with van der Waals surface area (Å²) in [6.07, 6.45) is 2.51. The number of piperidine rings is 1. The number of hydrogen-bond acceptors (Lipinski definition) is 4. The summed E-state index contributed by atoms with van der Waals surface area (Å²) in [6, 6.07) is 11.4. The van der Waals surface area contributed by atoms with E-state index in [1.807, 2.05) is 26.0 Å². The fourth-order valence-corrected chi connectivity index (χ4v) is 5.58. The van der Waals surface area contributed by atoms with Crippen LogP contribution in [-0.4, -0.2) is 28.6 Å². The number of ether oxygens (including phenoxy) is 1. The Hall–Kier alpha value is -2.05. The van der Waals surface area contributed by atoms with Crippen LogP contribution < -0.4 is 14.4 Å². The van der Waals surface area contributed by atoms with Crippen molar-refractivity contribution in [3.63, 3.8) is 0 Å². The zero-order valence-corrected chi connectivity index (χ0v) is 18.8. The monoisotopic (exact) mass is 416 g/mol. The van der Waals surface area contributed by atoms with Gasteiger partial charge in [0.2, 0.25) is 10.0 Å². The minimum absolute atomic E-state index is 0.293. The van der Waals surface area contributed by atoms with Gasteiger partial charge in [-0.25, -0.2) is 13.1 Å². The molecular weight excluding hydrogens is 384 g/mol. The molecule has 0 amide bonds. The lowest BCUT2D eigenvalue weighted by Crippen LogP contribution is -2.34.